The van der Waals surface area contributed by atoms with Crippen LogP contribution in [0.5, 0.6) is 0 Å². The highest BCUT2D eigenvalue weighted by Gasteiger charge is 2.17. The Bertz CT molecular complexity index is 418. The molecule has 0 fully saturated rings. The summed E-state index contributed by atoms with van der Waals surface area (Å²) in [5.74, 6) is -1.03. The van der Waals surface area contributed by atoms with Crippen LogP contribution in [0, 0.1) is 5.82 Å². The zero-order valence-electron chi connectivity index (χ0n) is 9.12. The van der Waals surface area contributed by atoms with Gasteiger partial charge in [-0.3, -0.25) is 0 Å². The SMILES string of the molecule is C=C(OCC)c1cc(F)cnc1C(=O)OC. The number of pyridine rings is 1. The standard InChI is InChI=1S/C11H12FNO3/c1-4-16-7(2)9-5-8(12)6-13-10(9)11(14)15-3/h5-6H,2,4H2,1,3H3. The number of hydrogen-bond donors (Lipinski definition) is 0. The number of esters is 1. The van der Waals surface area contributed by atoms with Crippen molar-refractivity contribution in [1.29, 1.82) is 0 Å². The maximum absolute atomic E-state index is 13.0. The molecule has 0 radical (unpaired) electrons. The molecule has 0 N–H and O–H groups in total. The Morgan fingerprint density at radius 3 is 2.88 bits per heavy atom. The summed E-state index contributed by atoms with van der Waals surface area (Å²) in [4.78, 5) is 15.0. The smallest absolute Gasteiger partial charge is 0.357 e. The summed E-state index contributed by atoms with van der Waals surface area (Å²) in [5, 5.41) is 0. The van der Waals surface area contributed by atoms with Gasteiger partial charge >= 0.3 is 5.97 Å². The molecule has 0 saturated carbocycles. The van der Waals surface area contributed by atoms with Gasteiger partial charge in [0, 0.05) is 0 Å². The summed E-state index contributed by atoms with van der Waals surface area (Å²) < 4.78 is 22.6. The largest absolute Gasteiger partial charge is 0.494 e. The minimum absolute atomic E-state index is 0.0117. The van der Waals surface area contributed by atoms with Crippen LogP contribution >= 0.6 is 0 Å². The van der Waals surface area contributed by atoms with Gasteiger partial charge in [-0.15, -0.1) is 0 Å². The van der Waals surface area contributed by atoms with Crippen LogP contribution in [-0.2, 0) is 9.47 Å². The van der Waals surface area contributed by atoms with Crippen LogP contribution in [-0.4, -0.2) is 24.7 Å². The second kappa shape index (κ2) is 5.25. The van der Waals surface area contributed by atoms with E-state index >= 15 is 0 Å². The van der Waals surface area contributed by atoms with Gasteiger partial charge in [-0.2, -0.15) is 0 Å². The summed E-state index contributed by atoms with van der Waals surface area (Å²) in [5.41, 5.74) is 0.191. The predicted molar refractivity (Wildman–Crippen MR) is 56.2 cm³/mol. The zero-order valence-corrected chi connectivity index (χ0v) is 9.12. The third-order valence-electron chi connectivity index (χ3n) is 1.85. The third kappa shape index (κ3) is 2.56. The van der Waals surface area contributed by atoms with E-state index in [4.69, 9.17) is 4.74 Å². The summed E-state index contributed by atoms with van der Waals surface area (Å²) in [7, 11) is 1.22. The minimum Gasteiger partial charge on any atom is -0.494 e. The van der Waals surface area contributed by atoms with Crippen LogP contribution in [0.4, 0.5) is 4.39 Å². The topological polar surface area (TPSA) is 48.4 Å². The monoisotopic (exact) mass is 225 g/mol. The van der Waals surface area contributed by atoms with Crippen molar-refractivity contribution in [3.05, 3.63) is 35.9 Å². The molecular formula is C11H12FNO3. The molecule has 5 heteroatoms. The van der Waals surface area contributed by atoms with E-state index in [0.717, 1.165) is 12.3 Å². The lowest BCUT2D eigenvalue weighted by Crippen LogP contribution is -2.09. The third-order valence-corrected chi connectivity index (χ3v) is 1.85. The molecule has 0 unspecified atom stereocenters. The maximum atomic E-state index is 13.0. The molecule has 4 nitrogen and oxygen atoms in total. The highest BCUT2D eigenvalue weighted by Crippen LogP contribution is 2.19. The first-order valence-electron chi connectivity index (χ1n) is 4.66. The molecular weight excluding hydrogens is 213 g/mol. The second-order valence-corrected chi connectivity index (χ2v) is 2.90. The van der Waals surface area contributed by atoms with Gasteiger partial charge in [-0.1, -0.05) is 6.58 Å². The summed E-state index contributed by atoms with van der Waals surface area (Å²) >= 11 is 0. The molecule has 0 aliphatic carbocycles. The Morgan fingerprint density at radius 1 is 1.62 bits per heavy atom. The van der Waals surface area contributed by atoms with Crippen molar-refractivity contribution in [2.45, 2.75) is 6.92 Å². The number of aromatic nitrogens is 1. The first kappa shape index (κ1) is 12.2. The molecule has 86 valence electrons. The highest BCUT2D eigenvalue weighted by molar-refractivity contribution is 5.92. The van der Waals surface area contributed by atoms with Crippen LogP contribution < -0.4 is 0 Å². The predicted octanol–water partition coefficient (Wildman–Crippen LogP) is 2.01. The van der Waals surface area contributed by atoms with Crippen LogP contribution in [0.15, 0.2) is 18.8 Å². The van der Waals surface area contributed by atoms with Crippen molar-refractivity contribution >= 4 is 11.7 Å². The van der Waals surface area contributed by atoms with Crippen LogP contribution in [0.3, 0.4) is 0 Å². The van der Waals surface area contributed by atoms with Gasteiger partial charge in [-0.05, 0) is 13.0 Å². The van der Waals surface area contributed by atoms with Crippen molar-refractivity contribution in [2.75, 3.05) is 13.7 Å². The summed E-state index contributed by atoms with van der Waals surface area (Å²) in [6.45, 7) is 5.73. The lowest BCUT2D eigenvalue weighted by atomic mass is 10.1. The fraction of sp³-hybridized carbons (Fsp3) is 0.273. The molecule has 0 spiro atoms. The van der Waals surface area contributed by atoms with E-state index in [9.17, 15) is 9.18 Å². The second-order valence-electron chi connectivity index (χ2n) is 2.90. The molecule has 1 aromatic heterocycles. The average molecular weight is 225 g/mol. The molecule has 0 saturated heterocycles. The van der Waals surface area contributed by atoms with Gasteiger partial charge in [-0.25, -0.2) is 14.2 Å². The van der Waals surface area contributed by atoms with Crippen molar-refractivity contribution in [3.63, 3.8) is 0 Å². The van der Waals surface area contributed by atoms with E-state index in [2.05, 4.69) is 16.3 Å². The summed E-state index contributed by atoms with van der Waals surface area (Å²) in [6.07, 6.45) is 0.939. The first-order chi connectivity index (χ1) is 7.60. The molecule has 1 rings (SSSR count). The van der Waals surface area contributed by atoms with Gasteiger partial charge in [0.05, 0.1) is 25.5 Å². The van der Waals surface area contributed by atoms with Crippen molar-refractivity contribution < 1.29 is 18.7 Å². The Morgan fingerprint density at radius 2 is 2.31 bits per heavy atom. The molecule has 1 aromatic rings. The van der Waals surface area contributed by atoms with Crippen LogP contribution in [0.1, 0.15) is 23.0 Å². The van der Waals surface area contributed by atoms with Gasteiger partial charge in [0.1, 0.15) is 11.6 Å². The molecule has 0 aliphatic rings. The number of nitrogens with zero attached hydrogens (tertiary/aromatic N) is 1. The molecule has 0 atom stereocenters. The average Bonchev–Trinajstić information content (AvgIpc) is 2.28. The lowest BCUT2D eigenvalue weighted by molar-refractivity contribution is 0.0592. The van der Waals surface area contributed by atoms with E-state index in [1.807, 2.05) is 0 Å². The normalized spacial score (nSPS) is 9.69. The molecule has 16 heavy (non-hydrogen) atoms. The first-order valence-corrected chi connectivity index (χ1v) is 4.66. The van der Waals surface area contributed by atoms with Crippen molar-refractivity contribution in [1.82, 2.24) is 4.98 Å². The van der Waals surface area contributed by atoms with E-state index in [-0.39, 0.29) is 17.0 Å². The number of rotatable bonds is 4. The molecule has 1 heterocycles. The Labute approximate surface area is 92.7 Å². The van der Waals surface area contributed by atoms with Gasteiger partial charge in [0.2, 0.25) is 0 Å². The zero-order chi connectivity index (χ0) is 12.1. The van der Waals surface area contributed by atoms with Gasteiger partial charge < -0.3 is 9.47 Å². The number of carbonyl (C=O) groups is 1. The van der Waals surface area contributed by atoms with Gasteiger partial charge in [0.15, 0.2) is 5.69 Å². The fourth-order valence-electron chi connectivity index (χ4n) is 1.16. The van der Waals surface area contributed by atoms with E-state index in [1.165, 1.54) is 7.11 Å². The quantitative estimate of drug-likeness (QED) is 0.581. The number of hydrogen-bond acceptors (Lipinski definition) is 4. The highest BCUT2D eigenvalue weighted by atomic mass is 19.1. The Balaban J connectivity index is 3.17. The Kier molecular flexibility index (Phi) is 3.99. The van der Waals surface area contributed by atoms with E-state index in [0.29, 0.717) is 6.61 Å². The lowest BCUT2D eigenvalue weighted by Gasteiger charge is -2.10. The van der Waals surface area contributed by atoms with E-state index in [1.54, 1.807) is 6.92 Å². The molecule has 0 aliphatic heterocycles. The Hall–Kier alpha value is -1.91. The van der Waals surface area contributed by atoms with Crippen molar-refractivity contribution in [2.24, 2.45) is 0 Å². The van der Waals surface area contributed by atoms with E-state index < -0.39 is 11.8 Å². The number of methoxy groups -OCH3 is 1. The number of ether oxygens (including phenoxy) is 2. The maximum Gasteiger partial charge on any atom is 0.357 e. The molecule has 0 bridgehead atoms. The number of halogens is 1. The fourth-order valence-corrected chi connectivity index (χ4v) is 1.16. The summed E-state index contributed by atoms with van der Waals surface area (Å²) in [6, 6.07) is 1.14. The van der Waals surface area contributed by atoms with Crippen LogP contribution in [0.25, 0.3) is 5.76 Å². The number of carbonyl (C=O) groups excluding carboxylic acids is 1. The minimum atomic E-state index is -0.657. The van der Waals surface area contributed by atoms with Crippen molar-refractivity contribution in [3.8, 4) is 0 Å². The molecule has 0 aromatic carbocycles. The van der Waals surface area contributed by atoms with Gasteiger partial charge in [0.25, 0.3) is 0 Å². The molecule has 0 amide bonds. The van der Waals surface area contributed by atoms with Crippen LogP contribution in [0.2, 0.25) is 0 Å².